The summed E-state index contributed by atoms with van der Waals surface area (Å²) < 4.78 is 1.15. The Morgan fingerprint density at radius 1 is 0.955 bits per heavy atom. The van der Waals surface area contributed by atoms with Crippen molar-refractivity contribution in [1.29, 1.82) is 0 Å². The summed E-state index contributed by atoms with van der Waals surface area (Å²) in [4.78, 5) is 8.17. The predicted molar refractivity (Wildman–Crippen MR) is 95.3 cm³/mol. The molecule has 1 N–H and O–H groups in total. The number of fused-ring (bicyclic) bond motifs is 3. The minimum absolute atomic E-state index is 0.885. The Kier molecular flexibility index (Phi) is 3.23. The summed E-state index contributed by atoms with van der Waals surface area (Å²) in [6.07, 6.45) is 0.885. The number of halogens is 1. The number of H-pyrrole nitrogens is 1. The number of aromatic nitrogens is 2. The van der Waals surface area contributed by atoms with E-state index in [0.29, 0.717) is 0 Å². The average Bonchev–Trinajstić information content (AvgIpc) is 2.87. The molecule has 108 valence electrons. The van der Waals surface area contributed by atoms with Gasteiger partial charge in [-0.05, 0) is 36.2 Å². The summed E-state index contributed by atoms with van der Waals surface area (Å²) in [6.45, 7) is 2.08. The minimum Gasteiger partial charge on any atom is -0.339 e. The first-order chi connectivity index (χ1) is 10.7. The van der Waals surface area contributed by atoms with Crippen LogP contribution in [0.25, 0.3) is 21.9 Å². The number of para-hydroxylation sites is 1. The smallest absolute Gasteiger partial charge is 0.138 e. The SMILES string of the molecule is Cc1nc2[nH]c3ccccc3c2cc1Cc1ccccc1Br. The Labute approximate surface area is 137 Å². The predicted octanol–water partition coefficient (Wildman–Crippen LogP) is 5.38. The van der Waals surface area contributed by atoms with Crippen molar-refractivity contribution in [2.75, 3.05) is 0 Å². The molecule has 2 aromatic carbocycles. The van der Waals surface area contributed by atoms with Crippen LogP contribution in [0.4, 0.5) is 0 Å². The van der Waals surface area contributed by atoms with E-state index in [-0.39, 0.29) is 0 Å². The van der Waals surface area contributed by atoms with E-state index in [4.69, 9.17) is 4.98 Å². The van der Waals surface area contributed by atoms with Gasteiger partial charge in [0.1, 0.15) is 5.65 Å². The van der Waals surface area contributed by atoms with Gasteiger partial charge in [-0.15, -0.1) is 0 Å². The van der Waals surface area contributed by atoms with Gasteiger partial charge in [-0.3, -0.25) is 0 Å². The molecule has 0 amide bonds. The van der Waals surface area contributed by atoms with Crippen molar-refractivity contribution in [3.05, 3.63) is 75.9 Å². The van der Waals surface area contributed by atoms with Gasteiger partial charge >= 0.3 is 0 Å². The van der Waals surface area contributed by atoms with Crippen molar-refractivity contribution in [2.45, 2.75) is 13.3 Å². The van der Waals surface area contributed by atoms with Crippen molar-refractivity contribution in [3.8, 4) is 0 Å². The van der Waals surface area contributed by atoms with E-state index in [0.717, 1.165) is 27.8 Å². The van der Waals surface area contributed by atoms with Crippen molar-refractivity contribution in [2.24, 2.45) is 0 Å². The maximum Gasteiger partial charge on any atom is 0.138 e. The lowest BCUT2D eigenvalue weighted by Crippen LogP contribution is -1.96. The van der Waals surface area contributed by atoms with Gasteiger partial charge in [-0.1, -0.05) is 52.3 Å². The summed E-state index contributed by atoms with van der Waals surface area (Å²) in [5.41, 5.74) is 5.74. The van der Waals surface area contributed by atoms with Gasteiger partial charge in [0, 0.05) is 32.9 Å². The van der Waals surface area contributed by atoms with Crippen LogP contribution >= 0.6 is 15.9 Å². The zero-order chi connectivity index (χ0) is 15.1. The second-order valence-corrected chi connectivity index (χ2v) is 6.42. The molecule has 22 heavy (non-hydrogen) atoms. The molecule has 2 heterocycles. The number of nitrogens with one attached hydrogen (secondary N) is 1. The molecule has 0 unspecified atom stereocenters. The fourth-order valence-corrected chi connectivity index (χ4v) is 3.35. The number of aryl methyl sites for hydroxylation is 1. The molecule has 4 rings (SSSR count). The van der Waals surface area contributed by atoms with Crippen LogP contribution in [0, 0.1) is 6.92 Å². The first kappa shape index (κ1) is 13.5. The third-order valence-electron chi connectivity index (χ3n) is 4.13. The second kappa shape index (κ2) is 5.25. The van der Waals surface area contributed by atoms with Crippen LogP contribution < -0.4 is 0 Å². The van der Waals surface area contributed by atoms with E-state index in [1.165, 1.54) is 21.9 Å². The van der Waals surface area contributed by atoms with Crippen LogP contribution in [0.2, 0.25) is 0 Å². The number of aromatic amines is 1. The molecule has 2 nitrogen and oxygen atoms in total. The zero-order valence-electron chi connectivity index (χ0n) is 12.2. The molecule has 0 spiro atoms. The Bertz CT molecular complexity index is 985. The van der Waals surface area contributed by atoms with Gasteiger partial charge in [0.25, 0.3) is 0 Å². The molecule has 4 aromatic rings. The largest absolute Gasteiger partial charge is 0.339 e. The van der Waals surface area contributed by atoms with E-state index in [1.807, 2.05) is 12.1 Å². The molecule has 0 saturated heterocycles. The van der Waals surface area contributed by atoms with E-state index < -0.39 is 0 Å². The Morgan fingerprint density at radius 3 is 2.59 bits per heavy atom. The number of hydrogen-bond acceptors (Lipinski definition) is 1. The van der Waals surface area contributed by atoms with E-state index >= 15 is 0 Å². The lowest BCUT2D eigenvalue weighted by molar-refractivity contribution is 1.09. The highest BCUT2D eigenvalue weighted by Gasteiger charge is 2.10. The van der Waals surface area contributed by atoms with Gasteiger partial charge in [0.15, 0.2) is 0 Å². The van der Waals surface area contributed by atoms with Gasteiger partial charge in [-0.2, -0.15) is 0 Å². The molecule has 2 aromatic heterocycles. The fourth-order valence-electron chi connectivity index (χ4n) is 2.93. The molecular weight excluding hydrogens is 336 g/mol. The first-order valence-corrected chi connectivity index (χ1v) is 8.12. The maximum atomic E-state index is 4.77. The number of nitrogens with zero attached hydrogens (tertiary/aromatic N) is 1. The van der Waals surface area contributed by atoms with Crippen molar-refractivity contribution < 1.29 is 0 Å². The lowest BCUT2D eigenvalue weighted by Gasteiger charge is -2.08. The van der Waals surface area contributed by atoms with Crippen LogP contribution in [0.1, 0.15) is 16.8 Å². The highest BCUT2D eigenvalue weighted by Crippen LogP contribution is 2.28. The third kappa shape index (κ3) is 2.22. The van der Waals surface area contributed by atoms with Gasteiger partial charge in [-0.25, -0.2) is 4.98 Å². The summed E-state index contributed by atoms with van der Waals surface area (Å²) >= 11 is 3.63. The van der Waals surface area contributed by atoms with Crippen LogP contribution in [-0.4, -0.2) is 9.97 Å². The quantitative estimate of drug-likeness (QED) is 0.516. The highest BCUT2D eigenvalue weighted by molar-refractivity contribution is 9.10. The van der Waals surface area contributed by atoms with Crippen LogP contribution in [0.3, 0.4) is 0 Å². The summed E-state index contributed by atoms with van der Waals surface area (Å²) in [7, 11) is 0. The van der Waals surface area contributed by atoms with Gasteiger partial charge in [0.05, 0.1) is 0 Å². The summed E-state index contributed by atoms with van der Waals surface area (Å²) in [5.74, 6) is 0. The van der Waals surface area contributed by atoms with Crippen molar-refractivity contribution >= 4 is 37.9 Å². The molecule has 0 aliphatic rings. The first-order valence-electron chi connectivity index (χ1n) is 7.33. The van der Waals surface area contributed by atoms with Gasteiger partial charge in [0.2, 0.25) is 0 Å². The Morgan fingerprint density at radius 2 is 1.73 bits per heavy atom. The minimum atomic E-state index is 0.885. The number of pyridine rings is 1. The standard InChI is InChI=1S/C19H15BrN2/c1-12-14(10-13-6-2-4-8-17(13)20)11-16-15-7-3-5-9-18(15)22-19(16)21-12/h2-9,11H,10H2,1H3,(H,21,22). The second-order valence-electron chi connectivity index (χ2n) is 5.57. The molecule has 3 heteroatoms. The fraction of sp³-hybridized carbons (Fsp3) is 0.105. The summed E-state index contributed by atoms with van der Waals surface area (Å²) in [6, 6.07) is 19.0. The molecule has 0 atom stereocenters. The van der Waals surface area contributed by atoms with Crippen molar-refractivity contribution in [3.63, 3.8) is 0 Å². The monoisotopic (exact) mass is 350 g/mol. The third-order valence-corrected chi connectivity index (χ3v) is 4.90. The molecular formula is C19H15BrN2. The molecule has 0 fully saturated rings. The topological polar surface area (TPSA) is 28.7 Å². The maximum absolute atomic E-state index is 4.77. The van der Waals surface area contributed by atoms with E-state index in [1.54, 1.807) is 0 Å². The van der Waals surface area contributed by atoms with E-state index in [2.05, 4.69) is 70.3 Å². The molecule has 0 aliphatic heterocycles. The van der Waals surface area contributed by atoms with Gasteiger partial charge < -0.3 is 4.98 Å². The van der Waals surface area contributed by atoms with E-state index in [9.17, 15) is 0 Å². The molecule has 0 saturated carbocycles. The number of rotatable bonds is 2. The molecule has 0 radical (unpaired) electrons. The molecule has 0 aliphatic carbocycles. The van der Waals surface area contributed by atoms with Crippen molar-refractivity contribution in [1.82, 2.24) is 9.97 Å². The highest BCUT2D eigenvalue weighted by atomic mass is 79.9. The summed E-state index contributed by atoms with van der Waals surface area (Å²) in [5, 5.41) is 2.43. The zero-order valence-corrected chi connectivity index (χ0v) is 13.8. The molecule has 0 bridgehead atoms. The number of benzene rings is 2. The van der Waals surface area contributed by atoms with Crippen LogP contribution in [0.15, 0.2) is 59.1 Å². The Balaban J connectivity index is 1.89. The Hall–Kier alpha value is -2.13. The van der Waals surface area contributed by atoms with Crippen LogP contribution in [-0.2, 0) is 6.42 Å². The normalized spacial score (nSPS) is 11.4. The number of hydrogen-bond donors (Lipinski definition) is 1. The average molecular weight is 351 g/mol. The lowest BCUT2D eigenvalue weighted by atomic mass is 10.0. The van der Waals surface area contributed by atoms with Crippen LogP contribution in [0.5, 0.6) is 0 Å².